The van der Waals surface area contributed by atoms with E-state index in [0.29, 0.717) is 18.9 Å². The second-order valence-electron chi connectivity index (χ2n) is 5.92. The third-order valence-electron chi connectivity index (χ3n) is 3.64. The minimum Gasteiger partial charge on any atom is -0.330 e. The maximum absolute atomic E-state index is 12.3. The first-order valence-corrected chi connectivity index (χ1v) is 7.17. The Hall–Kier alpha value is -1.35. The molecule has 0 spiro atoms. The van der Waals surface area contributed by atoms with Crippen molar-refractivity contribution in [3.05, 3.63) is 29.3 Å². The van der Waals surface area contributed by atoms with Gasteiger partial charge in [0, 0.05) is 18.2 Å². The summed E-state index contributed by atoms with van der Waals surface area (Å²) in [5, 5.41) is 0. The van der Waals surface area contributed by atoms with Crippen molar-refractivity contribution >= 4 is 11.6 Å². The lowest BCUT2D eigenvalue weighted by Gasteiger charge is -2.23. The van der Waals surface area contributed by atoms with Crippen LogP contribution in [0.25, 0.3) is 0 Å². The molecular formula is C16H24N2O. The third kappa shape index (κ3) is 2.98. The highest BCUT2D eigenvalue weighted by Gasteiger charge is 2.30. The molecule has 0 saturated heterocycles. The van der Waals surface area contributed by atoms with Gasteiger partial charge in [-0.05, 0) is 49.4 Å². The van der Waals surface area contributed by atoms with Crippen molar-refractivity contribution in [1.29, 1.82) is 0 Å². The summed E-state index contributed by atoms with van der Waals surface area (Å²) in [7, 11) is 0. The molecule has 3 heteroatoms. The van der Waals surface area contributed by atoms with E-state index in [1.54, 1.807) is 0 Å². The lowest BCUT2D eigenvalue weighted by molar-refractivity contribution is -0.119. The summed E-state index contributed by atoms with van der Waals surface area (Å²) in [4.78, 5) is 14.3. The molecule has 1 aliphatic rings. The summed E-state index contributed by atoms with van der Waals surface area (Å²) in [5.41, 5.74) is 9.25. The van der Waals surface area contributed by atoms with Crippen molar-refractivity contribution in [2.75, 3.05) is 11.4 Å². The third-order valence-corrected chi connectivity index (χ3v) is 3.64. The zero-order valence-corrected chi connectivity index (χ0v) is 12.1. The van der Waals surface area contributed by atoms with Gasteiger partial charge in [0.15, 0.2) is 0 Å². The van der Waals surface area contributed by atoms with E-state index in [0.717, 1.165) is 18.5 Å². The monoisotopic (exact) mass is 260 g/mol. The first kappa shape index (κ1) is 14.1. The van der Waals surface area contributed by atoms with E-state index < -0.39 is 0 Å². The Labute approximate surface area is 115 Å². The van der Waals surface area contributed by atoms with Gasteiger partial charge >= 0.3 is 0 Å². The number of amides is 1. The molecule has 1 heterocycles. The molecule has 0 saturated carbocycles. The first-order valence-electron chi connectivity index (χ1n) is 7.17. The normalized spacial score (nSPS) is 17.9. The fourth-order valence-corrected chi connectivity index (χ4v) is 2.83. The molecule has 1 unspecified atom stereocenters. The van der Waals surface area contributed by atoms with Crippen molar-refractivity contribution < 1.29 is 4.79 Å². The summed E-state index contributed by atoms with van der Waals surface area (Å²) in [5.74, 6) is 0.646. The van der Waals surface area contributed by atoms with E-state index in [9.17, 15) is 4.79 Å². The number of fused-ring (bicyclic) bond motifs is 1. The molecule has 2 N–H and O–H groups in total. The van der Waals surface area contributed by atoms with Gasteiger partial charge in [0.2, 0.25) is 5.91 Å². The summed E-state index contributed by atoms with van der Waals surface area (Å²) in [6.45, 7) is 6.97. The van der Waals surface area contributed by atoms with Crippen molar-refractivity contribution in [3.63, 3.8) is 0 Å². The van der Waals surface area contributed by atoms with Crippen LogP contribution in [0.1, 0.15) is 38.3 Å². The summed E-state index contributed by atoms with van der Waals surface area (Å²) in [6.07, 6.45) is 2.48. The number of carbonyl (C=O) groups excluding carboxylic acids is 1. The van der Waals surface area contributed by atoms with Gasteiger partial charge in [0.05, 0.1) is 0 Å². The predicted octanol–water partition coefficient (Wildman–Crippen LogP) is 2.51. The largest absolute Gasteiger partial charge is 0.330 e. The molecule has 0 aromatic heterocycles. The van der Waals surface area contributed by atoms with Crippen molar-refractivity contribution in [2.24, 2.45) is 11.7 Å². The predicted molar refractivity (Wildman–Crippen MR) is 79.3 cm³/mol. The number of rotatable bonds is 4. The smallest absolute Gasteiger partial charge is 0.227 e. The zero-order chi connectivity index (χ0) is 14.0. The number of anilines is 1. The number of nitrogens with zero attached hydrogens (tertiary/aromatic N) is 1. The highest BCUT2D eigenvalue weighted by Crippen LogP contribution is 2.33. The number of nitrogens with two attached hydrogens (primary N) is 1. The molecule has 1 amide bonds. The molecule has 0 aliphatic carbocycles. The van der Waals surface area contributed by atoms with Crippen LogP contribution in [0.15, 0.2) is 18.2 Å². The lowest BCUT2D eigenvalue weighted by Crippen LogP contribution is -2.36. The summed E-state index contributed by atoms with van der Waals surface area (Å²) in [6, 6.07) is 6.66. The van der Waals surface area contributed by atoms with Gasteiger partial charge in [0.25, 0.3) is 0 Å². The second-order valence-corrected chi connectivity index (χ2v) is 5.92. The minimum absolute atomic E-state index is 0.243. The molecule has 2 rings (SSSR count). The van der Waals surface area contributed by atoms with Crippen LogP contribution in [0.5, 0.6) is 0 Å². The highest BCUT2D eigenvalue weighted by atomic mass is 16.2. The fraction of sp³-hybridized carbons (Fsp3) is 0.562. The molecular weight excluding hydrogens is 236 g/mol. The van der Waals surface area contributed by atoms with E-state index >= 15 is 0 Å². The van der Waals surface area contributed by atoms with Crippen LogP contribution in [0.3, 0.4) is 0 Å². The van der Waals surface area contributed by atoms with E-state index in [-0.39, 0.29) is 11.9 Å². The Balaban J connectivity index is 2.24. The zero-order valence-electron chi connectivity index (χ0n) is 12.1. The van der Waals surface area contributed by atoms with Crippen LogP contribution < -0.4 is 10.6 Å². The number of hydrogen-bond acceptors (Lipinski definition) is 2. The van der Waals surface area contributed by atoms with Crippen molar-refractivity contribution in [2.45, 2.75) is 46.1 Å². The standard InChI is InChI=1S/C16H24N2O/c1-11(2)8-16(19)18-12(3)9-14-10-13(6-7-17)4-5-15(14)18/h4-5,10-12H,6-9,17H2,1-3H3. The molecule has 104 valence electrons. The van der Waals surface area contributed by atoms with Crippen LogP contribution in [-0.2, 0) is 17.6 Å². The molecule has 1 aromatic rings. The van der Waals surface area contributed by atoms with Crippen molar-refractivity contribution in [1.82, 2.24) is 0 Å². The Bertz CT molecular complexity index is 468. The van der Waals surface area contributed by atoms with Crippen LogP contribution in [0.2, 0.25) is 0 Å². The number of benzene rings is 1. The lowest BCUT2D eigenvalue weighted by atomic mass is 10.1. The molecule has 1 aromatic carbocycles. The van der Waals surface area contributed by atoms with Gasteiger partial charge in [-0.3, -0.25) is 4.79 Å². The second kappa shape index (κ2) is 5.74. The topological polar surface area (TPSA) is 46.3 Å². The Morgan fingerprint density at radius 3 is 2.84 bits per heavy atom. The quantitative estimate of drug-likeness (QED) is 0.904. The van der Waals surface area contributed by atoms with Gasteiger partial charge in [-0.1, -0.05) is 26.0 Å². The van der Waals surface area contributed by atoms with E-state index in [1.807, 2.05) is 4.90 Å². The molecule has 0 radical (unpaired) electrons. The first-order chi connectivity index (χ1) is 9.02. The average Bonchev–Trinajstić information content (AvgIpc) is 2.63. The van der Waals surface area contributed by atoms with Gasteiger partial charge < -0.3 is 10.6 Å². The Morgan fingerprint density at radius 2 is 2.21 bits per heavy atom. The SMILES string of the molecule is CC(C)CC(=O)N1c2ccc(CCN)cc2CC1C. The Kier molecular flexibility index (Phi) is 4.25. The summed E-state index contributed by atoms with van der Waals surface area (Å²) < 4.78 is 0. The van der Waals surface area contributed by atoms with Gasteiger partial charge in [-0.15, -0.1) is 0 Å². The van der Waals surface area contributed by atoms with Crippen LogP contribution in [0.4, 0.5) is 5.69 Å². The molecule has 1 atom stereocenters. The maximum Gasteiger partial charge on any atom is 0.227 e. The van der Waals surface area contributed by atoms with Gasteiger partial charge in [-0.2, -0.15) is 0 Å². The van der Waals surface area contributed by atoms with Gasteiger partial charge in [-0.25, -0.2) is 0 Å². The average molecular weight is 260 g/mol. The van der Waals surface area contributed by atoms with E-state index in [4.69, 9.17) is 5.73 Å². The van der Waals surface area contributed by atoms with Crippen LogP contribution in [-0.4, -0.2) is 18.5 Å². The van der Waals surface area contributed by atoms with Crippen LogP contribution in [0, 0.1) is 5.92 Å². The molecule has 1 aliphatic heterocycles. The van der Waals surface area contributed by atoms with Gasteiger partial charge in [0.1, 0.15) is 0 Å². The molecule has 0 bridgehead atoms. The molecule has 3 nitrogen and oxygen atoms in total. The van der Waals surface area contributed by atoms with Crippen LogP contribution >= 0.6 is 0 Å². The van der Waals surface area contributed by atoms with E-state index in [2.05, 4.69) is 39.0 Å². The highest BCUT2D eigenvalue weighted by molar-refractivity contribution is 5.96. The van der Waals surface area contributed by atoms with Crippen molar-refractivity contribution in [3.8, 4) is 0 Å². The fourth-order valence-electron chi connectivity index (χ4n) is 2.83. The maximum atomic E-state index is 12.3. The van der Waals surface area contributed by atoms with E-state index in [1.165, 1.54) is 11.1 Å². The summed E-state index contributed by atoms with van der Waals surface area (Å²) >= 11 is 0. The molecule has 0 fully saturated rings. The number of hydrogen-bond donors (Lipinski definition) is 1. The Morgan fingerprint density at radius 1 is 1.47 bits per heavy atom. The minimum atomic E-state index is 0.243. The molecule has 19 heavy (non-hydrogen) atoms. The number of carbonyl (C=O) groups is 1.